The number of piperidine rings is 1. The van der Waals surface area contributed by atoms with E-state index in [4.69, 9.17) is 10.1 Å². The van der Waals surface area contributed by atoms with Gasteiger partial charge in [0.2, 0.25) is 5.78 Å². The molecule has 1 aromatic heterocycles. The number of nitrogens with zero attached hydrogens (tertiary/aromatic N) is 2. The minimum atomic E-state index is -0.727. The summed E-state index contributed by atoms with van der Waals surface area (Å²) in [4.78, 5) is 30.6. The van der Waals surface area contributed by atoms with E-state index in [0.29, 0.717) is 17.3 Å². The number of hydrogen-bond donors (Lipinski definition) is 1. The smallest absolute Gasteiger partial charge is 0.303 e. The van der Waals surface area contributed by atoms with Gasteiger partial charge >= 0.3 is 5.97 Å². The number of carboxylic acids is 1. The third kappa shape index (κ3) is 4.08. The van der Waals surface area contributed by atoms with Crippen molar-refractivity contribution in [1.82, 2.24) is 9.88 Å². The molecule has 2 heterocycles. The Balaban J connectivity index is 1.35. The largest absolute Gasteiger partial charge is 0.481 e. The highest BCUT2D eigenvalue weighted by Gasteiger charge is 2.26. The maximum Gasteiger partial charge on any atom is 0.303 e. The molecule has 1 aliphatic carbocycles. The van der Waals surface area contributed by atoms with Crippen molar-refractivity contribution in [2.45, 2.75) is 38.0 Å². The molecule has 5 nitrogen and oxygen atoms in total. The van der Waals surface area contributed by atoms with Gasteiger partial charge in [-0.3, -0.25) is 9.59 Å². The van der Waals surface area contributed by atoms with Crippen LogP contribution in [0.5, 0.6) is 0 Å². The zero-order valence-corrected chi connectivity index (χ0v) is 16.6. The normalized spacial score (nSPS) is 17.4. The van der Waals surface area contributed by atoms with Crippen molar-refractivity contribution in [3.63, 3.8) is 0 Å². The summed E-state index contributed by atoms with van der Waals surface area (Å²) in [5.41, 5.74) is 4.06. The Morgan fingerprint density at radius 3 is 2.79 bits per heavy atom. The standard InChI is InChI=1S/C22H24N2O3S/c25-20(26)6-3-11-24-12-9-16(10-13-24)19-14-28-22(23-19)21(27)18-8-7-15-4-1-2-5-17(15)18/h1-2,4-5,8,14,16H,3,6-7,9-13H2,(H,25,26). The van der Waals surface area contributed by atoms with Crippen molar-refractivity contribution < 1.29 is 14.7 Å². The van der Waals surface area contributed by atoms with E-state index in [-0.39, 0.29) is 12.2 Å². The molecule has 2 aromatic rings. The van der Waals surface area contributed by atoms with Gasteiger partial charge in [-0.05, 0) is 56.4 Å². The molecule has 2 aliphatic rings. The fraction of sp³-hybridized carbons (Fsp3) is 0.409. The number of carbonyl (C=O) groups excluding carboxylic acids is 1. The van der Waals surface area contributed by atoms with Gasteiger partial charge in [0.15, 0.2) is 5.01 Å². The summed E-state index contributed by atoms with van der Waals surface area (Å²) < 4.78 is 0. The summed E-state index contributed by atoms with van der Waals surface area (Å²) in [7, 11) is 0. The molecule has 146 valence electrons. The molecular formula is C22H24N2O3S. The van der Waals surface area contributed by atoms with E-state index in [9.17, 15) is 9.59 Å². The minimum Gasteiger partial charge on any atom is -0.481 e. The fourth-order valence-corrected chi connectivity index (χ4v) is 4.95. The fourth-order valence-electron chi connectivity index (χ4n) is 4.10. The second-order valence-corrected chi connectivity index (χ2v) is 8.36. The number of fused-ring (bicyclic) bond motifs is 1. The molecule has 0 unspecified atom stereocenters. The molecule has 1 N–H and O–H groups in total. The van der Waals surface area contributed by atoms with Crippen LogP contribution in [0.4, 0.5) is 0 Å². The molecule has 28 heavy (non-hydrogen) atoms. The van der Waals surface area contributed by atoms with Crippen LogP contribution in [-0.2, 0) is 11.2 Å². The van der Waals surface area contributed by atoms with Crippen LogP contribution in [0.1, 0.15) is 58.2 Å². The van der Waals surface area contributed by atoms with Crippen LogP contribution in [-0.4, -0.2) is 46.4 Å². The lowest BCUT2D eigenvalue weighted by Crippen LogP contribution is -2.34. The number of ketones is 1. The Bertz CT molecular complexity index is 910. The van der Waals surface area contributed by atoms with E-state index in [2.05, 4.69) is 11.0 Å². The van der Waals surface area contributed by atoms with Crippen molar-refractivity contribution in [3.8, 4) is 0 Å². The molecule has 1 fully saturated rings. The predicted molar refractivity (Wildman–Crippen MR) is 110 cm³/mol. The van der Waals surface area contributed by atoms with Gasteiger partial charge in [0.1, 0.15) is 0 Å². The Morgan fingerprint density at radius 1 is 1.21 bits per heavy atom. The first-order valence-electron chi connectivity index (χ1n) is 9.84. The highest BCUT2D eigenvalue weighted by molar-refractivity contribution is 7.12. The van der Waals surface area contributed by atoms with E-state index >= 15 is 0 Å². The highest BCUT2D eigenvalue weighted by Crippen LogP contribution is 2.33. The SMILES string of the molecule is O=C(O)CCCN1CCC(c2csc(C(=O)C3=CCc4ccccc43)n2)CC1. The number of rotatable bonds is 7. The van der Waals surface area contributed by atoms with Gasteiger partial charge in [0, 0.05) is 23.3 Å². The van der Waals surface area contributed by atoms with Crippen molar-refractivity contribution in [2.24, 2.45) is 0 Å². The Labute approximate surface area is 168 Å². The third-order valence-corrected chi connectivity index (χ3v) is 6.52. The summed E-state index contributed by atoms with van der Waals surface area (Å²) in [6, 6.07) is 8.07. The molecule has 1 saturated heterocycles. The van der Waals surface area contributed by atoms with Crippen LogP contribution >= 0.6 is 11.3 Å². The summed E-state index contributed by atoms with van der Waals surface area (Å²) in [6.07, 6.45) is 5.79. The highest BCUT2D eigenvalue weighted by atomic mass is 32.1. The van der Waals surface area contributed by atoms with Crippen LogP contribution < -0.4 is 0 Å². The molecular weight excluding hydrogens is 372 g/mol. The summed E-state index contributed by atoms with van der Waals surface area (Å²) in [5.74, 6) is -0.305. The monoisotopic (exact) mass is 396 g/mol. The summed E-state index contributed by atoms with van der Waals surface area (Å²) in [6.45, 7) is 2.76. The van der Waals surface area contributed by atoms with Gasteiger partial charge in [0.05, 0.1) is 5.69 Å². The van der Waals surface area contributed by atoms with E-state index in [1.54, 1.807) is 0 Å². The quantitative estimate of drug-likeness (QED) is 0.716. The number of likely N-dealkylation sites (tertiary alicyclic amines) is 1. The molecule has 0 radical (unpaired) electrons. The van der Waals surface area contributed by atoms with Crippen LogP contribution in [0.3, 0.4) is 0 Å². The summed E-state index contributed by atoms with van der Waals surface area (Å²) >= 11 is 1.45. The summed E-state index contributed by atoms with van der Waals surface area (Å²) in [5, 5.41) is 11.4. The number of aliphatic carboxylic acids is 1. The molecule has 1 aromatic carbocycles. The van der Waals surface area contributed by atoms with Gasteiger partial charge in [-0.15, -0.1) is 11.3 Å². The molecule has 0 bridgehead atoms. The second-order valence-electron chi connectivity index (χ2n) is 7.50. The predicted octanol–water partition coefficient (Wildman–Crippen LogP) is 4.01. The van der Waals surface area contributed by atoms with Crippen molar-refractivity contribution >= 4 is 28.7 Å². The van der Waals surface area contributed by atoms with E-state index in [1.165, 1.54) is 16.9 Å². The molecule has 0 amide bonds. The van der Waals surface area contributed by atoms with Crippen molar-refractivity contribution in [2.75, 3.05) is 19.6 Å². The zero-order chi connectivity index (χ0) is 19.5. The number of hydrogen-bond acceptors (Lipinski definition) is 5. The Hall–Kier alpha value is -2.31. The molecule has 0 atom stereocenters. The number of aromatic nitrogens is 1. The maximum absolute atomic E-state index is 13.0. The van der Waals surface area contributed by atoms with Gasteiger partial charge in [-0.25, -0.2) is 4.98 Å². The van der Waals surface area contributed by atoms with Crippen LogP contribution in [0, 0.1) is 0 Å². The minimum absolute atomic E-state index is 0.0345. The number of carbonyl (C=O) groups is 2. The van der Waals surface area contributed by atoms with Crippen LogP contribution in [0.25, 0.3) is 5.57 Å². The number of benzene rings is 1. The number of Topliss-reactive ketones (excluding diaryl/α,β-unsaturated/α-hetero) is 1. The number of thiazole rings is 1. The number of allylic oxidation sites excluding steroid dienone is 2. The first-order valence-corrected chi connectivity index (χ1v) is 10.7. The van der Waals surface area contributed by atoms with Gasteiger partial charge < -0.3 is 10.0 Å². The number of carboxylic acid groups (broad SMARTS) is 1. The van der Waals surface area contributed by atoms with Gasteiger partial charge in [0.25, 0.3) is 0 Å². The van der Waals surface area contributed by atoms with E-state index in [0.717, 1.165) is 55.7 Å². The zero-order valence-electron chi connectivity index (χ0n) is 15.8. The second kappa shape index (κ2) is 8.37. The molecule has 0 saturated carbocycles. The van der Waals surface area contributed by atoms with Crippen molar-refractivity contribution in [1.29, 1.82) is 0 Å². The Kier molecular flexibility index (Phi) is 5.69. The molecule has 0 spiro atoms. The molecule has 1 aliphatic heterocycles. The lowest BCUT2D eigenvalue weighted by Gasteiger charge is -2.31. The maximum atomic E-state index is 13.0. The van der Waals surface area contributed by atoms with Gasteiger partial charge in [-0.2, -0.15) is 0 Å². The lowest BCUT2D eigenvalue weighted by atomic mass is 9.94. The average Bonchev–Trinajstić information content (AvgIpc) is 3.35. The van der Waals surface area contributed by atoms with E-state index in [1.807, 2.05) is 29.7 Å². The average molecular weight is 397 g/mol. The topological polar surface area (TPSA) is 70.5 Å². The van der Waals surface area contributed by atoms with Crippen molar-refractivity contribution in [3.05, 3.63) is 57.6 Å². The molecule has 4 rings (SSSR count). The Morgan fingerprint density at radius 2 is 2.00 bits per heavy atom. The first kappa shape index (κ1) is 19.0. The van der Waals surface area contributed by atoms with Crippen LogP contribution in [0.15, 0.2) is 35.7 Å². The van der Waals surface area contributed by atoms with E-state index < -0.39 is 5.97 Å². The first-order chi connectivity index (χ1) is 13.6. The van der Waals surface area contributed by atoms with Gasteiger partial charge in [-0.1, -0.05) is 30.3 Å². The molecule has 6 heteroatoms. The third-order valence-electron chi connectivity index (χ3n) is 5.67. The lowest BCUT2D eigenvalue weighted by molar-refractivity contribution is -0.137. The van der Waals surface area contributed by atoms with Crippen LogP contribution in [0.2, 0.25) is 0 Å².